The van der Waals surface area contributed by atoms with Crippen LogP contribution in [-0.2, 0) is 12.8 Å². The van der Waals surface area contributed by atoms with Crippen LogP contribution in [0.3, 0.4) is 0 Å². The van der Waals surface area contributed by atoms with Crippen molar-refractivity contribution in [3.63, 3.8) is 0 Å². The number of hydrogen-bond donors (Lipinski definition) is 2. The Bertz CT molecular complexity index is 1210. The number of benzene rings is 2. The van der Waals surface area contributed by atoms with Crippen LogP contribution >= 0.6 is 0 Å². The van der Waals surface area contributed by atoms with E-state index in [0.717, 1.165) is 31.2 Å². The standard InChI is InChI=1S/C28H38O6/c1-7-8-13-33-23-15-22-24(19(28(23)32-6)12-10-17(4)5)27(31)25-21(34-22)14-20(29)18(26(25)30)11-9-16(2)3/h14-17,29-30H,7-13H2,1-6H3. The predicted molar refractivity (Wildman–Crippen MR) is 137 cm³/mol. The van der Waals surface area contributed by atoms with Crippen molar-refractivity contribution in [1.29, 1.82) is 0 Å². The van der Waals surface area contributed by atoms with Crippen molar-refractivity contribution < 1.29 is 24.1 Å². The van der Waals surface area contributed by atoms with E-state index in [-0.39, 0.29) is 27.9 Å². The zero-order valence-electron chi connectivity index (χ0n) is 21.3. The average molecular weight is 471 g/mol. The van der Waals surface area contributed by atoms with Gasteiger partial charge in [0.1, 0.15) is 28.1 Å². The molecular formula is C28H38O6. The van der Waals surface area contributed by atoms with E-state index in [1.165, 1.54) is 6.07 Å². The number of phenols is 2. The van der Waals surface area contributed by atoms with Gasteiger partial charge in [-0.2, -0.15) is 0 Å². The summed E-state index contributed by atoms with van der Waals surface area (Å²) < 4.78 is 17.9. The molecule has 2 N–H and O–H groups in total. The topological polar surface area (TPSA) is 89.1 Å². The second-order valence-corrected chi connectivity index (χ2v) is 9.85. The van der Waals surface area contributed by atoms with E-state index in [9.17, 15) is 15.0 Å². The lowest BCUT2D eigenvalue weighted by Gasteiger charge is -2.18. The molecule has 0 saturated carbocycles. The molecule has 0 aliphatic carbocycles. The Morgan fingerprint density at radius 2 is 1.56 bits per heavy atom. The normalized spacial score (nSPS) is 11.8. The molecule has 0 saturated heterocycles. The van der Waals surface area contributed by atoms with Gasteiger partial charge in [0, 0.05) is 23.3 Å². The minimum absolute atomic E-state index is 0.0684. The fraction of sp³-hybridized carbons (Fsp3) is 0.536. The fourth-order valence-electron chi connectivity index (χ4n) is 4.22. The van der Waals surface area contributed by atoms with Gasteiger partial charge in [0.2, 0.25) is 5.43 Å². The van der Waals surface area contributed by atoms with Crippen molar-refractivity contribution in [2.45, 2.75) is 73.1 Å². The highest BCUT2D eigenvalue weighted by Gasteiger charge is 2.24. The lowest BCUT2D eigenvalue weighted by Crippen LogP contribution is -2.10. The van der Waals surface area contributed by atoms with Crippen LogP contribution in [0.4, 0.5) is 0 Å². The molecule has 6 heteroatoms. The molecule has 0 bridgehead atoms. The van der Waals surface area contributed by atoms with Crippen molar-refractivity contribution in [2.24, 2.45) is 11.8 Å². The van der Waals surface area contributed by atoms with Crippen LogP contribution in [-0.4, -0.2) is 23.9 Å². The van der Waals surface area contributed by atoms with Crippen molar-refractivity contribution in [3.05, 3.63) is 33.5 Å². The summed E-state index contributed by atoms with van der Waals surface area (Å²) >= 11 is 0. The lowest BCUT2D eigenvalue weighted by atomic mass is 9.95. The number of hydrogen-bond acceptors (Lipinski definition) is 6. The van der Waals surface area contributed by atoms with Crippen molar-refractivity contribution in [2.75, 3.05) is 13.7 Å². The van der Waals surface area contributed by atoms with Crippen LogP contribution in [0.5, 0.6) is 23.0 Å². The van der Waals surface area contributed by atoms with E-state index >= 15 is 0 Å². The smallest absolute Gasteiger partial charge is 0.204 e. The van der Waals surface area contributed by atoms with Crippen LogP contribution in [0.15, 0.2) is 21.3 Å². The SMILES string of the molecule is CCCCOc1cc2oc3cc(O)c(CCC(C)C)c(O)c3c(=O)c2c(CCC(C)C)c1OC. The van der Waals surface area contributed by atoms with Gasteiger partial charge in [-0.1, -0.05) is 41.0 Å². The average Bonchev–Trinajstić information content (AvgIpc) is 2.76. The maximum atomic E-state index is 13.8. The summed E-state index contributed by atoms with van der Waals surface area (Å²) in [7, 11) is 1.58. The lowest BCUT2D eigenvalue weighted by molar-refractivity contribution is 0.287. The van der Waals surface area contributed by atoms with Crippen LogP contribution in [0, 0.1) is 11.8 Å². The Morgan fingerprint density at radius 3 is 2.15 bits per heavy atom. The molecular weight excluding hydrogens is 432 g/mol. The molecule has 6 nitrogen and oxygen atoms in total. The highest BCUT2D eigenvalue weighted by atomic mass is 16.5. The maximum absolute atomic E-state index is 13.8. The number of fused-ring (bicyclic) bond motifs is 2. The summed E-state index contributed by atoms with van der Waals surface area (Å²) in [5.74, 6) is 1.61. The molecule has 1 aromatic heterocycles. The molecule has 0 fully saturated rings. The number of rotatable bonds is 11. The third kappa shape index (κ3) is 5.26. The van der Waals surface area contributed by atoms with E-state index in [2.05, 4.69) is 34.6 Å². The van der Waals surface area contributed by atoms with Gasteiger partial charge in [0.25, 0.3) is 0 Å². The molecule has 0 aliphatic heterocycles. The maximum Gasteiger partial charge on any atom is 0.204 e. The molecule has 186 valence electrons. The minimum Gasteiger partial charge on any atom is -0.507 e. The molecule has 2 aromatic carbocycles. The zero-order chi connectivity index (χ0) is 25.0. The Hall–Kier alpha value is -2.89. The van der Waals surface area contributed by atoms with Gasteiger partial charge < -0.3 is 24.1 Å². The van der Waals surface area contributed by atoms with Crippen LogP contribution in [0.2, 0.25) is 0 Å². The monoisotopic (exact) mass is 470 g/mol. The fourth-order valence-corrected chi connectivity index (χ4v) is 4.22. The van der Waals surface area contributed by atoms with E-state index in [4.69, 9.17) is 13.9 Å². The summed E-state index contributed by atoms with van der Waals surface area (Å²) in [5.41, 5.74) is 1.30. The number of aryl methyl sites for hydroxylation is 1. The van der Waals surface area contributed by atoms with Crippen LogP contribution < -0.4 is 14.9 Å². The molecule has 0 radical (unpaired) electrons. The summed E-state index contributed by atoms with van der Waals surface area (Å²) in [6.45, 7) is 11.0. The Labute approximate surface area is 201 Å². The third-order valence-electron chi connectivity index (χ3n) is 6.23. The van der Waals surface area contributed by atoms with E-state index < -0.39 is 0 Å². The number of unbranched alkanes of at least 4 members (excludes halogenated alkanes) is 1. The van der Waals surface area contributed by atoms with Gasteiger partial charge in [0.15, 0.2) is 11.5 Å². The number of ether oxygens (including phenoxy) is 2. The molecule has 3 rings (SSSR count). The molecule has 0 unspecified atom stereocenters. The van der Waals surface area contributed by atoms with Gasteiger partial charge in [-0.15, -0.1) is 0 Å². The van der Waals surface area contributed by atoms with E-state index in [1.807, 2.05) is 0 Å². The van der Waals surface area contributed by atoms with E-state index in [0.29, 0.717) is 59.3 Å². The first-order valence-electron chi connectivity index (χ1n) is 12.4. The molecule has 3 aromatic rings. The highest BCUT2D eigenvalue weighted by Crippen LogP contribution is 2.41. The molecule has 0 atom stereocenters. The Morgan fingerprint density at radius 1 is 0.941 bits per heavy atom. The van der Waals surface area contributed by atoms with Gasteiger partial charge >= 0.3 is 0 Å². The predicted octanol–water partition coefficient (Wildman–Crippen LogP) is 6.72. The first-order chi connectivity index (χ1) is 16.2. The number of methoxy groups -OCH3 is 1. The number of aromatic hydroxyl groups is 2. The van der Waals surface area contributed by atoms with E-state index in [1.54, 1.807) is 13.2 Å². The Kier molecular flexibility index (Phi) is 8.34. The second-order valence-electron chi connectivity index (χ2n) is 9.85. The third-order valence-corrected chi connectivity index (χ3v) is 6.23. The van der Waals surface area contributed by atoms with Crippen LogP contribution in [0.1, 0.15) is 71.4 Å². The second kappa shape index (κ2) is 11.0. The van der Waals surface area contributed by atoms with Crippen LogP contribution in [0.25, 0.3) is 21.9 Å². The zero-order valence-corrected chi connectivity index (χ0v) is 21.3. The van der Waals surface area contributed by atoms with Gasteiger partial charge in [-0.25, -0.2) is 0 Å². The van der Waals surface area contributed by atoms with Gasteiger partial charge in [0.05, 0.1) is 19.1 Å². The quantitative estimate of drug-likeness (QED) is 0.239. The molecule has 0 aliphatic rings. The number of phenolic OH excluding ortho intramolecular Hbond substituents is 2. The first kappa shape index (κ1) is 25.7. The molecule has 0 amide bonds. The largest absolute Gasteiger partial charge is 0.507 e. The Balaban J connectivity index is 2.32. The summed E-state index contributed by atoms with van der Waals surface area (Å²) in [5, 5.41) is 22.1. The highest BCUT2D eigenvalue weighted by molar-refractivity contribution is 5.97. The molecule has 34 heavy (non-hydrogen) atoms. The summed E-state index contributed by atoms with van der Waals surface area (Å²) in [6.07, 6.45) is 4.59. The minimum atomic E-state index is -0.322. The molecule has 0 spiro atoms. The summed E-state index contributed by atoms with van der Waals surface area (Å²) in [6, 6.07) is 3.12. The first-order valence-corrected chi connectivity index (χ1v) is 12.4. The summed E-state index contributed by atoms with van der Waals surface area (Å²) in [4.78, 5) is 13.8. The van der Waals surface area contributed by atoms with Gasteiger partial charge in [-0.3, -0.25) is 4.79 Å². The van der Waals surface area contributed by atoms with Crippen molar-refractivity contribution in [3.8, 4) is 23.0 Å². The molecule has 1 heterocycles. The van der Waals surface area contributed by atoms with Gasteiger partial charge in [-0.05, 0) is 43.9 Å². The van der Waals surface area contributed by atoms with Crippen molar-refractivity contribution >= 4 is 21.9 Å². The van der Waals surface area contributed by atoms with Crippen molar-refractivity contribution in [1.82, 2.24) is 0 Å².